The van der Waals surface area contributed by atoms with Crippen molar-refractivity contribution in [1.29, 1.82) is 0 Å². The first kappa shape index (κ1) is 15.4. The maximum Gasteiger partial charge on any atom is 0.139 e. The number of halogens is 3. The second-order valence-electron chi connectivity index (χ2n) is 4.45. The number of nitrogens with zero attached hydrogens (tertiary/aromatic N) is 2. The molecule has 0 aliphatic heterocycles. The van der Waals surface area contributed by atoms with Crippen LogP contribution >= 0.6 is 31.9 Å². The summed E-state index contributed by atoms with van der Waals surface area (Å²) in [6.45, 7) is 3.99. The van der Waals surface area contributed by atoms with Gasteiger partial charge in [-0.15, -0.1) is 0 Å². The summed E-state index contributed by atoms with van der Waals surface area (Å²) >= 11 is 6.54. The van der Waals surface area contributed by atoms with Crippen molar-refractivity contribution in [1.82, 2.24) is 9.97 Å². The Labute approximate surface area is 134 Å². The van der Waals surface area contributed by atoms with E-state index in [-0.39, 0.29) is 5.82 Å². The minimum atomic E-state index is -0.306. The number of aromatic nitrogens is 2. The van der Waals surface area contributed by atoms with E-state index in [2.05, 4.69) is 54.1 Å². The number of anilines is 2. The molecular weight excluding hydrogens is 389 g/mol. The zero-order valence-corrected chi connectivity index (χ0v) is 14.3. The SMILES string of the molecule is CCCc1nc(Br)cc(Nc2cc(F)c(Br)cc2C)n1. The Morgan fingerprint density at radius 1 is 1.20 bits per heavy atom. The van der Waals surface area contributed by atoms with Gasteiger partial charge in [0.05, 0.1) is 4.47 Å². The minimum absolute atomic E-state index is 0.306. The molecule has 0 saturated carbocycles. The molecule has 0 amide bonds. The summed E-state index contributed by atoms with van der Waals surface area (Å²) in [5, 5.41) is 3.14. The molecule has 0 spiro atoms. The minimum Gasteiger partial charge on any atom is -0.340 e. The maximum absolute atomic E-state index is 13.6. The van der Waals surface area contributed by atoms with Gasteiger partial charge >= 0.3 is 0 Å². The second-order valence-corrected chi connectivity index (χ2v) is 6.12. The van der Waals surface area contributed by atoms with Gasteiger partial charge in [-0.1, -0.05) is 6.92 Å². The summed E-state index contributed by atoms with van der Waals surface area (Å²) in [6, 6.07) is 4.97. The van der Waals surface area contributed by atoms with E-state index in [0.29, 0.717) is 20.6 Å². The van der Waals surface area contributed by atoms with Crippen LogP contribution in [0.4, 0.5) is 15.9 Å². The Morgan fingerprint density at radius 2 is 1.95 bits per heavy atom. The standard InChI is InChI=1S/C14H14Br2FN3/c1-3-4-13-19-12(16)7-14(20-13)18-11-6-10(17)9(15)5-8(11)2/h5-7H,3-4H2,1-2H3,(H,18,19,20). The summed E-state index contributed by atoms with van der Waals surface area (Å²) < 4.78 is 14.8. The summed E-state index contributed by atoms with van der Waals surface area (Å²) in [4.78, 5) is 8.73. The van der Waals surface area contributed by atoms with Crippen LogP contribution in [-0.4, -0.2) is 9.97 Å². The van der Waals surface area contributed by atoms with Crippen molar-refractivity contribution in [2.75, 3.05) is 5.32 Å². The van der Waals surface area contributed by atoms with Crippen molar-refractivity contribution >= 4 is 43.4 Å². The highest BCUT2D eigenvalue weighted by Crippen LogP contribution is 2.26. The molecule has 3 nitrogen and oxygen atoms in total. The van der Waals surface area contributed by atoms with Crippen LogP contribution in [0.2, 0.25) is 0 Å². The Bertz CT molecular complexity index is 632. The van der Waals surface area contributed by atoms with Crippen molar-refractivity contribution in [2.45, 2.75) is 26.7 Å². The molecule has 0 atom stereocenters. The first-order valence-corrected chi connectivity index (χ1v) is 7.84. The van der Waals surface area contributed by atoms with Crippen LogP contribution in [0, 0.1) is 12.7 Å². The Balaban J connectivity index is 2.32. The highest BCUT2D eigenvalue weighted by atomic mass is 79.9. The van der Waals surface area contributed by atoms with Crippen molar-refractivity contribution < 1.29 is 4.39 Å². The van der Waals surface area contributed by atoms with E-state index in [9.17, 15) is 4.39 Å². The van der Waals surface area contributed by atoms with Crippen molar-refractivity contribution in [2.24, 2.45) is 0 Å². The largest absolute Gasteiger partial charge is 0.340 e. The molecule has 20 heavy (non-hydrogen) atoms. The van der Waals surface area contributed by atoms with Gasteiger partial charge in [0.25, 0.3) is 0 Å². The molecule has 106 valence electrons. The molecule has 0 saturated heterocycles. The van der Waals surface area contributed by atoms with Crippen LogP contribution in [0.1, 0.15) is 24.7 Å². The van der Waals surface area contributed by atoms with E-state index >= 15 is 0 Å². The van der Waals surface area contributed by atoms with Crippen LogP contribution in [0.25, 0.3) is 0 Å². The summed E-state index contributed by atoms with van der Waals surface area (Å²) in [6.07, 6.45) is 1.78. The quantitative estimate of drug-likeness (QED) is 0.719. The molecule has 1 N–H and O–H groups in total. The summed E-state index contributed by atoms with van der Waals surface area (Å²) in [5.41, 5.74) is 1.63. The van der Waals surface area contributed by atoms with Gasteiger partial charge in [-0.05, 0) is 62.9 Å². The summed E-state index contributed by atoms with van der Waals surface area (Å²) in [7, 11) is 0. The van der Waals surface area contributed by atoms with Crippen LogP contribution in [0.15, 0.2) is 27.3 Å². The van der Waals surface area contributed by atoms with Crippen molar-refractivity contribution in [3.05, 3.63) is 44.5 Å². The normalized spacial score (nSPS) is 10.7. The lowest BCUT2D eigenvalue weighted by Gasteiger charge is -2.11. The van der Waals surface area contributed by atoms with Gasteiger partial charge in [-0.25, -0.2) is 14.4 Å². The molecule has 1 heterocycles. The van der Waals surface area contributed by atoms with E-state index in [4.69, 9.17) is 0 Å². The van der Waals surface area contributed by atoms with Gasteiger partial charge in [-0.3, -0.25) is 0 Å². The first-order chi connectivity index (χ1) is 9.49. The van der Waals surface area contributed by atoms with Crippen LogP contribution in [-0.2, 0) is 6.42 Å². The maximum atomic E-state index is 13.6. The lowest BCUT2D eigenvalue weighted by molar-refractivity contribution is 0.621. The second kappa shape index (κ2) is 6.63. The van der Waals surface area contributed by atoms with Gasteiger partial charge in [0.1, 0.15) is 22.1 Å². The third kappa shape index (κ3) is 3.76. The number of benzene rings is 1. The zero-order chi connectivity index (χ0) is 14.7. The monoisotopic (exact) mass is 401 g/mol. The number of aryl methyl sites for hydroxylation is 2. The highest BCUT2D eigenvalue weighted by Gasteiger charge is 2.08. The fourth-order valence-corrected chi connectivity index (χ4v) is 2.66. The molecule has 2 aromatic rings. The predicted octanol–water partition coefficient (Wildman–Crippen LogP) is 5.15. The molecule has 0 aliphatic rings. The van der Waals surface area contributed by atoms with E-state index in [0.717, 1.165) is 24.2 Å². The average Bonchev–Trinajstić information content (AvgIpc) is 2.35. The number of hydrogen-bond donors (Lipinski definition) is 1. The van der Waals surface area contributed by atoms with Crippen molar-refractivity contribution in [3.63, 3.8) is 0 Å². The molecule has 0 bridgehead atoms. The first-order valence-electron chi connectivity index (χ1n) is 6.25. The van der Waals surface area contributed by atoms with Crippen LogP contribution in [0.5, 0.6) is 0 Å². The third-order valence-corrected chi connectivity index (χ3v) is 3.76. The third-order valence-electron chi connectivity index (χ3n) is 2.74. The number of nitrogens with one attached hydrogen (secondary N) is 1. The molecule has 0 radical (unpaired) electrons. The Morgan fingerprint density at radius 3 is 2.65 bits per heavy atom. The van der Waals surface area contributed by atoms with E-state index in [1.165, 1.54) is 6.07 Å². The molecule has 1 aromatic carbocycles. The molecular formula is C14H14Br2FN3. The van der Waals surface area contributed by atoms with E-state index < -0.39 is 0 Å². The lowest BCUT2D eigenvalue weighted by Crippen LogP contribution is -2.02. The molecule has 0 fully saturated rings. The number of hydrogen-bond acceptors (Lipinski definition) is 3. The topological polar surface area (TPSA) is 37.8 Å². The van der Waals surface area contributed by atoms with Gasteiger partial charge in [-0.2, -0.15) is 0 Å². The Hall–Kier alpha value is -1.01. The lowest BCUT2D eigenvalue weighted by atomic mass is 10.2. The molecule has 0 unspecified atom stereocenters. The molecule has 0 aliphatic carbocycles. The smallest absolute Gasteiger partial charge is 0.139 e. The zero-order valence-electron chi connectivity index (χ0n) is 11.2. The fourth-order valence-electron chi connectivity index (χ4n) is 1.78. The van der Waals surface area contributed by atoms with Crippen LogP contribution in [0.3, 0.4) is 0 Å². The Kier molecular flexibility index (Phi) is 5.10. The van der Waals surface area contributed by atoms with Gasteiger partial charge in [0.15, 0.2) is 0 Å². The van der Waals surface area contributed by atoms with Gasteiger partial charge in [0.2, 0.25) is 0 Å². The van der Waals surface area contributed by atoms with Crippen molar-refractivity contribution in [3.8, 4) is 0 Å². The highest BCUT2D eigenvalue weighted by molar-refractivity contribution is 9.10. The average molecular weight is 403 g/mol. The van der Waals surface area contributed by atoms with Gasteiger partial charge < -0.3 is 5.32 Å². The molecule has 2 rings (SSSR count). The van der Waals surface area contributed by atoms with E-state index in [1.807, 2.05) is 6.92 Å². The molecule has 6 heteroatoms. The summed E-state index contributed by atoms with van der Waals surface area (Å²) in [5.74, 6) is 1.11. The predicted molar refractivity (Wildman–Crippen MR) is 85.8 cm³/mol. The number of rotatable bonds is 4. The fraction of sp³-hybridized carbons (Fsp3) is 0.286. The van der Waals surface area contributed by atoms with E-state index in [1.54, 1.807) is 12.1 Å². The van der Waals surface area contributed by atoms with Gasteiger partial charge in [0, 0.05) is 18.2 Å². The van der Waals surface area contributed by atoms with Crippen LogP contribution < -0.4 is 5.32 Å². The molecule has 1 aromatic heterocycles.